The second kappa shape index (κ2) is 5.10. The third kappa shape index (κ3) is 2.41. The van der Waals surface area contributed by atoms with Crippen LogP contribution in [0, 0.1) is 0 Å². The SMILES string of the molecule is COc1ccc(C=C2SC(=S)N(C3CC3)C2=O)cc1O. The summed E-state index contributed by atoms with van der Waals surface area (Å²) in [5, 5.41) is 9.75. The Morgan fingerprint density at radius 2 is 2.25 bits per heavy atom. The van der Waals surface area contributed by atoms with Gasteiger partial charge in [-0.15, -0.1) is 0 Å². The number of hydrogen-bond donors (Lipinski definition) is 1. The highest BCUT2D eigenvalue weighted by Crippen LogP contribution is 2.40. The fraction of sp³-hybridized carbons (Fsp3) is 0.286. The summed E-state index contributed by atoms with van der Waals surface area (Å²) in [6.07, 6.45) is 3.81. The number of rotatable bonds is 3. The van der Waals surface area contributed by atoms with Crippen molar-refractivity contribution >= 4 is 40.3 Å². The monoisotopic (exact) mass is 307 g/mol. The summed E-state index contributed by atoms with van der Waals surface area (Å²) in [5.74, 6) is 0.435. The summed E-state index contributed by atoms with van der Waals surface area (Å²) in [4.78, 5) is 14.6. The van der Waals surface area contributed by atoms with E-state index >= 15 is 0 Å². The summed E-state index contributed by atoms with van der Waals surface area (Å²) in [7, 11) is 1.50. The molecule has 1 aromatic carbocycles. The molecular weight excluding hydrogens is 294 g/mol. The van der Waals surface area contributed by atoms with Crippen molar-refractivity contribution in [3.8, 4) is 11.5 Å². The first kappa shape index (κ1) is 13.5. The second-order valence-electron chi connectivity index (χ2n) is 4.71. The van der Waals surface area contributed by atoms with Gasteiger partial charge in [0.25, 0.3) is 5.91 Å². The van der Waals surface area contributed by atoms with Gasteiger partial charge in [0.05, 0.1) is 12.0 Å². The lowest BCUT2D eigenvalue weighted by molar-refractivity contribution is -0.122. The molecule has 1 amide bonds. The van der Waals surface area contributed by atoms with Crippen LogP contribution in [0.3, 0.4) is 0 Å². The zero-order chi connectivity index (χ0) is 14.3. The average molecular weight is 307 g/mol. The Hall–Kier alpha value is -1.53. The molecule has 0 bridgehead atoms. The van der Waals surface area contributed by atoms with Crippen molar-refractivity contribution in [3.63, 3.8) is 0 Å². The van der Waals surface area contributed by atoms with E-state index in [0.717, 1.165) is 18.4 Å². The van der Waals surface area contributed by atoms with E-state index < -0.39 is 0 Å². The number of phenols is 1. The van der Waals surface area contributed by atoms with E-state index in [9.17, 15) is 9.90 Å². The number of methoxy groups -OCH3 is 1. The average Bonchev–Trinajstić information content (AvgIpc) is 3.19. The predicted molar refractivity (Wildman–Crippen MR) is 82.7 cm³/mol. The number of phenolic OH excluding ortho intramolecular Hbond substituents is 1. The van der Waals surface area contributed by atoms with Gasteiger partial charge >= 0.3 is 0 Å². The Morgan fingerprint density at radius 1 is 1.50 bits per heavy atom. The first-order valence-electron chi connectivity index (χ1n) is 6.24. The van der Waals surface area contributed by atoms with Crippen LogP contribution in [-0.4, -0.2) is 33.4 Å². The van der Waals surface area contributed by atoms with Crippen LogP contribution in [0.2, 0.25) is 0 Å². The maximum atomic E-state index is 12.3. The molecule has 3 rings (SSSR count). The van der Waals surface area contributed by atoms with Gasteiger partial charge in [-0.05, 0) is 36.6 Å². The molecule has 0 unspecified atom stereocenters. The van der Waals surface area contributed by atoms with Gasteiger partial charge in [0.2, 0.25) is 0 Å². The number of thioether (sulfide) groups is 1. The molecule has 1 aromatic rings. The molecule has 0 spiro atoms. The number of benzene rings is 1. The molecule has 1 heterocycles. The highest BCUT2D eigenvalue weighted by molar-refractivity contribution is 8.26. The quantitative estimate of drug-likeness (QED) is 0.687. The zero-order valence-electron chi connectivity index (χ0n) is 10.8. The van der Waals surface area contributed by atoms with Gasteiger partial charge in [-0.3, -0.25) is 9.69 Å². The van der Waals surface area contributed by atoms with Crippen LogP contribution in [0.25, 0.3) is 6.08 Å². The number of carbonyl (C=O) groups is 1. The van der Waals surface area contributed by atoms with E-state index in [1.165, 1.54) is 18.9 Å². The summed E-state index contributed by atoms with van der Waals surface area (Å²) in [6.45, 7) is 0. The standard InChI is InChI=1S/C14H13NO3S2/c1-18-11-5-2-8(6-10(11)16)7-12-13(17)15(9-3-4-9)14(19)20-12/h2,5-7,9,16H,3-4H2,1H3. The highest BCUT2D eigenvalue weighted by atomic mass is 32.2. The van der Waals surface area contributed by atoms with E-state index in [1.54, 1.807) is 29.2 Å². The second-order valence-corrected chi connectivity index (χ2v) is 6.39. The lowest BCUT2D eigenvalue weighted by Gasteiger charge is -2.11. The van der Waals surface area contributed by atoms with Crippen LogP contribution in [-0.2, 0) is 4.79 Å². The molecule has 0 atom stereocenters. The van der Waals surface area contributed by atoms with Gasteiger partial charge in [-0.1, -0.05) is 30.0 Å². The number of thiocarbonyl (C=S) groups is 1. The van der Waals surface area contributed by atoms with Gasteiger partial charge in [-0.25, -0.2) is 0 Å². The first-order valence-corrected chi connectivity index (χ1v) is 7.46. The van der Waals surface area contributed by atoms with E-state index in [4.69, 9.17) is 17.0 Å². The zero-order valence-corrected chi connectivity index (χ0v) is 12.5. The number of nitrogens with zero attached hydrogens (tertiary/aromatic N) is 1. The molecule has 1 N–H and O–H groups in total. The van der Waals surface area contributed by atoms with Gasteiger partial charge in [-0.2, -0.15) is 0 Å². The van der Waals surface area contributed by atoms with Crippen LogP contribution < -0.4 is 4.74 Å². The molecule has 1 aliphatic heterocycles. The molecule has 0 radical (unpaired) electrons. The third-order valence-corrected chi connectivity index (χ3v) is 4.57. The normalized spacial score (nSPS) is 20.9. The Labute approximate surface area is 126 Å². The largest absolute Gasteiger partial charge is 0.504 e. The summed E-state index contributed by atoms with van der Waals surface area (Å²) in [6, 6.07) is 5.32. The fourth-order valence-corrected chi connectivity index (χ4v) is 3.48. The lowest BCUT2D eigenvalue weighted by atomic mass is 10.2. The van der Waals surface area contributed by atoms with Crippen molar-refractivity contribution in [2.24, 2.45) is 0 Å². The number of ether oxygens (including phenoxy) is 1. The van der Waals surface area contributed by atoms with Crippen LogP contribution >= 0.6 is 24.0 Å². The Balaban J connectivity index is 1.87. The summed E-state index contributed by atoms with van der Waals surface area (Å²) >= 11 is 6.57. The maximum Gasteiger partial charge on any atom is 0.266 e. The highest BCUT2D eigenvalue weighted by Gasteiger charge is 2.41. The van der Waals surface area contributed by atoms with Crippen LogP contribution in [0.15, 0.2) is 23.1 Å². The third-order valence-electron chi connectivity index (χ3n) is 3.24. The van der Waals surface area contributed by atoms with Crippen molar-refractivity contribution in [1.82, 2.24) is 4.90 Å². The van der Waals surface area contributed by atoms with Crippen molar-refractivity contribution in [3.05, 3.63) is 28.7 Å². The van der Waals surface area contributed by atoms with Crippen LogP contribution in [0.4, 0.5) is 0 Å². The van der Waals surface area contributed by atoms with Crippen LogP contribution in [0.1, 0.15) is 18.4 Å². The molecule has 4 nitrogen and oxygen atoms in total. The minimum atomic E-state index is -0.0298. The van der Waals surface area contributed by atoms with E-state index in [-0.39, 0.29) is 17.7 Å². The Morgan fingerprint density at radius 3 is 2.85 bits per heavy atom. The predicted octanol–water partition coefficient (Wildman–Crippen LogP) is 2.76. The molecule has 0 aromatic heterocycles. The maximum absolute atomic E-state index is 12.3. The molecule has 6 heteroatoms. The number of carbonyl (C=O) groups excluding carboxylic acids is 1. The van der Waals surface area contributed by atoms with Crippen molar-refractivity contribution in [1.29, 1.82) is 0 Å². The topological polar surface area (TPSA) is 49.8 Å². The minimum absolute atomic E-state index is 0.0298. The lowest BCUT2D eigenvalue weighted by Crippen LogP contribution is -2.30. The van der Waals surface area contributed by atoms with Gasteiger partial charge in [0.15, 0.2) is 11.5 Å². The molecule has 2 aliphatic rings. The number of amides is 1. The van der Waals surface area contributed by atoms with Crippen LogP contribution in [0.5, 0.6) is 11.5 Å². The fourth-order valence-electron chi connectivity index (χ4n) is 2.08. The smallest absolute Gasteiger partial charge is 0.266 e. The summed E-state index contributed by atoms with van der Waals surface area (Å²) < 4.78 is 5.62. The van der Waals surface area contributed by atoms with Crippen molar-refractivity contribution in [2.75, 3.05) is 7.11 Å². The Bertz CT molecular complexity index is 623. The van der Waals surface area contributed by atoms with Gasteiger partial charge in [0, 0.05) is 6.04 Å². The Kier molecular flexibility index (Phi) is 3.43. The number of aromatic hydroxyl groups is 1. The van der Waals surface area contributed by atoms with Gasteiger partial charge < -0.3 is 9.84 Å². The molecule has 1 aliphatic carbocycles. The molecule has 2 fully saturated rings. The van der Waals surface area contributed by atoms with Gasteiger partial charge in [0.1, 0.15) is 4.32 Å². The molecule has 20 heavy (non-hydrogen) atoms. The molecule has 1 saturated carbocycles. The van der Waals surface area contributed by atoms with E-state index in [1.807, 2.05) is 0 Å². The van der Waals surface area contributed by atoms with Crippen molar-refractivity contribution in [2.45, 2.75) is 18.9 Å². The summed E-state index contributed by atoms with van der Waals surface area (Å²) in [5.41, 5.74) is 0.750. The van der Waals surface area contributed by atoms with Crippen molar-refractivity contribution < 1.29 is 14.6 Å². The molecule has 1 saturated heterocycles. The minimum Gasteiger partial charge on any atom is -0.504 e. The molecular formula is C14H13NO3S2. The molecule has 104 valence electrons. The first-order chi connectivity index (χ1) is 9.60. The number of hydrogen-bond acceptors (Lipinski definition) is 5. The van der Waals surface area contributed by atoms with E-state index in [0.29, 0.717) is 15.0 Å². The van der Waals surface area contributed by atoms with E-state index in [2.05, 4.69) is 0 Å².